The van der Waals surface area contributed by atoms with Gasteiger partial charge in [-0.1, -0.05) is 6.92 Å². The fourth-order valence-electron chi connectivity index (χ4n) is 1.36. The first-order chi connectivity index (χ1) is 5.74. The third kappa shape index (κ3) is 2.73. The van der Waals surface area contributed by atoms with Crippen LogP contribution in [0.5, 0.6) is 0 Å². The molecule has 3 atom stereocenters. The predicted octanol–water partition coefficient (Wildman–Crippen LogP) is 0.382. The summed E-state index contributed by atoms with van der Waals surface area (Å²) < 4.78 is 5.25. The Kier molecular flexibility index (Phi) is 3.98. The molecule has 0 radical (unpaired) electrons. The monoisotopic (exact) mass is 173 g/mol. The molecule has 0 spiro atoms. The SMILES string of the molecule is CC(CO)C(C)NC1CCOC1. The Morgan fingerprint density at radius 2 is 2.33 bits per heavy atom. The Morgan fingerprint density at radius 3 is 2.83 bits per heavy atom. The van der Waals surface area contributed by atoms with Crippen molar-refractivity contribution in [2.75, 3.05) is 19.8 Å². The third-order valence-electron chi connectivity index (χ3n) is 2.57. The highest BCUT2D eigenvalue weighted by Gasteiger charge is 2.19. The van der Waals surface area contributed by atoms with Crippen molar-refractivity contribution in [3.05, 3.63) is 0 Å². The molecule has 0 saturated carbocycles. The quantitative estimate of drug-likeness (QED) is 0.646. The van der Waals surface area contributed by atoms with Gasteiger partial charge < -0.3 is 15.2 Å². The molecule has 3 nitrogen and oxygen atoms in total. The summed E-state index contributed by atoms with van der Waals surface area (Å²) in [5.74, 6) is 0.325. The first kappa shape index (κ1) is 9.96. The molecule has 0 aromatic carbocycles. The molecule has 0 aliphatic carbocycles. The molecular weight excluding hydrogens is 154 g/mol. The minimum atomic E-state index is 0.252. The van der Waals surface area contributed by atoms with Gasteiger partial charge in [-0.3, -0.25) is 0 Å². The van der Waals surface area contributed by atoms with Gasteiger partial charge in [-0.05, 0) is 19.3 Å². The molecule has 1 aliphatic rings. The smallest absolute Gasteiger partial charge is 0.0620 e. The summed E-state index contributed by atoms with van der Waals surface area (Å²) >= 11 is 0. The van der Waals surface area contributed by atoms with Crippen molar-refractivity contribution in [3.63, 3.8) is 0 Å². The van der Waals surface area contributed by atoms with Crippen molar-refractivity contribution in [2.24, 2.45) is 5.92 Å². The van der Waals surface area contributed by atoms with E-state index in [1.165, 1.54) is 0 Å². The number of aliphatic hydroxyl groups excluding tert-OH is 1. The molecule has 0 aromatic rings. The molecule has 1 rings (SSSR count). The van der Waals surface area contributed by atoms with Crippen molar-refractivity contribution in [3.8, 4) is 0 Å². The summed E-state index contributed by atoms with van der Waals surface area (Å²) in [4.78, 5) is 0. The van der Waals surface area contributed by atoms with Gasteiger partial charge in [0.1, 0.15) is 0 Å². The Labute approximate surface area is 74.1 Å². The van der Waals surface area contributed by atoms with Crippen LogP contribution in [0.3, 0.4) is 0 Å². The number of hydrogen-bond acceptors (Lipinski definition) is 3. The Bertz CT molecular complexity index is 124. The fraction of sp³-hybridized carbons (Fsp3) is 1.00. The molecular formula is C9H19NO2. The first-order valence-corrected chi connectivity index (χ1v) is 4.68. The van der Waals surface area contributed by atoms with Crippen LogP contribution in [0.15, 0.2) is 0 Å². The summed E-state index contributed by atoms with van der Waals surface area (Å²) in [5.41, 5.74) is 0. The number of rotatable bonds is 4. The molecule has 3 heteroatoms. The van der Waals surface area contributed by atoms with Crippen molar-refractivity contribution in [2.45, 2.75) is 32.4 Å². The lowest BCUT2D eigenvalue weighted by atomic mass is 10.0. The number of aliphatic hydroxyl groups is 1. The highest BCUT2D eigenvalue weighted by molar-refractivity contribution is 4.77. The molecule has 0 amide bonds. The lowest BCUT2D eigenvalue weighted by Crippen LogP contribution is -2.41. The molecule has 1 saturated heterocycles. The third-order valence-corrected chi connectivity index (χ3v) is 2.57. The van der Waals surface area contributed by atoms with Crippen LogP contribution in [0.1, 0.15) is 20.3 Å². The average molecular weight is 173 g/mol. The Morgan fingerprint density at radius 1 is 1.58 bits per heavy atom. The van der Waals surface area contributed by atoms with Gasteiger partial charge >= 0.3 is 0 Å². The molecule has 0 bridgehead atoms. The zero-order valence-corrected chi connectivity index (χ0v) is 7.92. The van der Waals surface area contributed by atoms with Crippen LogP contribution in [0.4, 0.5) is 0 Å². The van der Waals surface area contributed by atoms with Crippen LogP contribution in [0.2, 0.25) is 0 Å². The zero-order valence-electron chi connectivity index (χ0n) is 7.92. The second-order valence-electron chi connectivity index (χ2n) is 3.68. The van der Waals surface area contributed by atoms with Crippen molar-refractivity contribution >= 4 is 0 Å². The van der Waals surface area contributed by atoms with Gasteiger partial charge in [-0.25, -0.2) is 0 Å². The van der Waals surface area contributed by atoms with E-state index in [1.807, 2.05) is 6.92 Å². The first-order valence-electron chi connectivity index (χ1n) is 4.68. The van der Waals surface area contributed by atoms with Gasteiger partial charge in [0.25, 0.3) is 0 Å². The van der Waals surface area contributed by atoms with Gasteiger partial charge in [-0.2, -0.15) is 0 Å². The predicted molar refractivity (Wildman–Crippen MR) is 48.1 cm³/mol. The molecule has 1 fully saturated rings. The largest absolute Gasteiger partial charge is 0.396 e. The van der Waals surface area contributed by atoms with Gasteiger partial charge in [0.2, 0.25) is 0 Å². The van der Waals surface area contributed by atoms with E-state index in [-0.39, 0.29) is 6.61 Å². The number of nitrogens with one attached hydrogen (secondary N) is 1. The number of hydrogen-bond donors (Lipinski definition) is 2. The summed E-state index contributed by atoms with van der Waals surface area (Å²) in [6.45, 7) is 6.11. The summed E-state index contributed by atoms with van der Waals surface area (Å²) in [7, 11) is 0. The highest BCUT2D eigenvalue weighted by Crippen LogP contribution is 2.08. The summed E-state index contributed by atoms with van der Waals surface area (Å²) in [6.07, 6.45) is 1.10. The van der Waals surface area contributed by atoms with E-state index in [4.69, 9.17) is 9.84 Å². The Hall–Kier alpha value is -0.120. The fourth-order valence-corrected chi connectivity index (χ4v) is 1.36. The van der Waals surface area contributed by atoms with Crippen LogP contribution in [-0.4, -0.2) is 37.0 Å². The minimum absolute atomic E-state index is 0.252. The molecule has 72 valence electrons. The van der Waals surface area contributed by atoms with Gasteiger partial charge in [0.15, 0.2) is 0 Å². The molecule has 3 unspecified atom stereocenters. The second-order valence-corrected chi connectivity index (χ2v) is 3.68. The van der Waals surface area contributed by atoms with Crippen LogP contribution in [0, 0.1) is 5.92 Å². The molecule has 1 heterocycles. The van der Waals surface area contributed by atoms with E-state index in [2.05, 4.69) is 12.2 Å². The molecule has 1 aliphatic heterocycles. The van der Waals surface area contributed by atoms with Gasteiger partial charge in [0, 0.05) is 25.3 Å². The molecule has 2 N–H and O–H groups in total. The van der Waals surface area contributed by atoms with Crippen molar-refractivity contribution in [1.29, 1.82) is 0 Å². The van der Waals surface area contributed by atoms with Crippen LogP contribution < -0.4 is 5.32 Å². The van der Waals surface area contributed by atoms with Crippen molar-refractivity contribution < 1.29 is 9.84 Å². The van der Waals surface area contributed by atoms with E-state index in [0.717, 1.165) is 19.6 Å². The van der Waals surface area contributed by atoms with E-state index in [0.29, 0.717) is 18.0 Å². The maximum Gasteiger partial charge on any atom is 0.0620 e. The van der Waals surface area contributed by atoms with E-state index < -0.39 is 0 Å². The average Bonchev–Trinajstić information content (AvgIpc) is 2.55. The highest BCUT2D eigenvalue weighted by atomic mass is 16.5. The second kappa shape index (κ2) is 4.80. The Balaban J connectivity index is 2.19. The minimum Gasteiger partial charge on any atom is -0.396 e. The zero-order chi connectivity index (χ0) is 8.97. The van der Waals surface area contributed by atoms with Crippen LogP contribution >= 0.6 is 0 Å². The maximum atomic E-state index is 8.91. The van der Waals surface area contributed by atoms with Crippen LogP contribution in [-0.2, 0) is 4.74 Å². The van der Waals surface area contributed by atoms with Gasteiger partial charge in [0.05, 0.1) is 6.61 Å². The van der Waals surface area contributed by atoms with E-state index in [9.17, 15) is 0 Å². The number of ether oxygens (including phenoxy) is 1. The molecule has 0 aromatic heterocycles. The standard InChI is InChI=1S/C9H19NO2/c1-7(5-11)8(2)10-9-3-4-12-6-9/h7-11H,3-6H2,1-2H3. The van der Waals surface area contributed by atoms with Gasteiger partial charge in [-0.15, -0.1) is 0 Å². The normalized spacial score (nSPS) is 28.8. The molecule has 12 heavy (non-hydrogen) atoms. The van der Waals surface area contributed by atoms with Crippen molar-refractivity contribution in [1.82, 2.24) is 5.32 Å². The van der Waals surface area contributed by atoms with E-state index in [1.54, 1.807) is 0 Å². The maximum absolute atomic E-state index is 8.91. The summed E-state index contributed by atoms with van der Waals surface area (Å²) in [5, 5.41) is 12.4. The van der Waals surface area contributed by atoms with E-state index >= 15 is 0 Å². The lowest BCUT2D eigenvalue weighted by molar-refractivity contribution is 0.175. The van der Waals surface area contributed by atoms with Crippen LogP contribution in [0.25, 0.3) is 0 Å². The topological polar surface area (TPSA) is 41.5 Å². The lowest BCUT2D eigenvalue weighted by Gasteiger charge is -2.22. The summed E-state index contributed by atoms with van der Waals surface area (Å²) in [6, 6.07) is 0.871.